The van der Waals surface area contributed by atoms with Gasteiger partial charge in [-0.2, -0.15) is 0 Å². The van der Waals surface area contributed by atoms with Gasteiger partial charge in [-0.1, -0.05) is 18.2 Å². The topological polar surface area (TPSA) is 494 Å². The molecular weight excluding hydrogens is 1220 g/mol. The van der Waals surface area contributed by atoms with Crippen LogP contribution < -0.4 is 78.6 Å². The number of primary amides is 1. The van der Waals surface area contributed by atoms with Gasteiger partial charge in [0.05, 0.1) is 40.4 Å². The van der Waals surface area contributed by atoms with Crippen LogP contribution in [-0.2, 0) is 38.4 Å². The molecule has 30 heteroatoms. The van der Waals surface area contributed by atoms with Crippen LogP contribution >= 0.6 is 47.0 Å². The Labute approximate surface area is 536 Å². The molecule has 0 spiro atoms. The number of guanidine groups is 4. The minimum absolute atomic E-state index is 0. The molecule has 0 fully saturated rings. The lowest BCUT2D eigenvalue weighted by atomic mass is 9.97. The van der Waals surface area contributed by atoms with Gasteiger partial charge < -0.3 is 78.6 Å². The minimum atomic E-state index is -1.20. The molecular formula is C59H84N18O8S4. The first-order valence-electron chi connectivity index (χ1n) is 28.2. The number of anilines is 1. The maximum absolute atomic E-state index is 14.5. The van der Waals surface area contributed by atoms with Crippen molar-refractivity contribution >= 4 is 123 Å². The monoisotopic (exact) mass is 1300 g/mol. The van der Waals surface area contributed by atoms with Crippen molar-refractivity contribution in [3.05, 3.63) is 112 Å². The first-order valence-corrected chi connectivity index (χ1v) is 33.0. The van der Waals surface area contributed by atoms with Gasteiger partial charge in [0.1, 0.15) is 6.04 Å². The third kappa shape index (κ3) is 24.6. The SMILES string of the molecule is CSc1ccc(CC(=O)[C@H](CCCN=C(N)N)NC(=O)c2cc(NC(=O)[C@H](CCCN=C(N)N)NC(=O)c3cc(CC(=O)[C@H](CCCN=C(N)N)NC(=O)c4cc(CC(=O)[C@@H](N)CCCN=C(N)N)ccc4SC)ccc3SC)ccc2SC)cc1C(N)=O.[HH]. The molecule has 0 aliphatic carbocycles. The lowest BCUT2D eigenvalue weighted by Gasteiger charge is -2.21. The van der Waals surface area contributed by atoms with E-state index in [0.29, 0.717) is 68.5 Å². The van der Waals surface area contributed by atoms with Crippen molar-refractivity contribution in [1.82, 2.24) is 16.0 Å². The summed E-state index contributed by atoms with van der Waals surface area (Å²) in [5.41, 5.74) is 58.6. The van der Waals surface area contributed by atoms with Gasteiger partial charge in [-0.25, -0.2) is 0 Å². The maximum Gasteiger partial charge on any atom is 0.253 e. The Balaban J connectivity index is 0.0000212. The number of carbonyl (C=O) groups excluding carboxylic acids is 8. The van der Waals surface area contributed by atoms with Crippen LogP contribution in [-0.4, -0.2) is 146 Å². The van der Waals surface area contributed by atoms with Crippen molar-refractivity contribution in [1.29, 1.82) is 0 Å². The van der Waals surface area contributed by atoms with Gasteiger partial charge in [0.25, 0.3) is 17.7 Å². The molecule has 4 aromatic carbocycles. The number of benzene rings is 4. The lowest BCUT2D eigenvalue weighted by Crippen LogP contribution is -2.44. The average molecular weight is 1300 g/mol. The summed E-state index contributed by atoms with van der Waals surface area (Å²) in [4.78, 5) is 129. The smallest absolute Gasteiger partial charge is 0.253 e. The van der Waals surface area contributed by atoms with E-state index in [4.69, 9.17) is 57.3 Å². The van der Waals surface area contributed by atoms with Gasteiger partial charge in [0.15, 0.2) is 41.2 Å². The molecule has 4 aromatic rings. The van der Waals surface area contributed by atoms with E-state index in [9.17, 15) is 38.4 Å². The molecule has 26 nitrogen and oxygen atoms in total. The molecule has 0 aliphatic rings. The third-order valence-corrected chi connectivity index (χ3v) is 16.8. The highest BCUT2D eigenvalue weighted by Crippen LogP contribution is 2.28. The minimum Gasteiger partial charge on any atom is -0.370 e. The zero-order valence-electron chi connectivity index (χ0n) is 50.3. The number of hydrogen-bond acceptors (Lipinski definition) is 17. The second kappa shape index (κ2) is 37.5. The first-order chi connectivity index (χ1) is 42.4. The Morgan fingerprint density at radius 1 is 0.416 bits per heavy atom. The fraction of sp³-hybridized carbons (Fsp3) is 0.390. The number of nitrogens with zero attached hydrogens (tertiary/aromatic N) is 4. The number of ketones is 3. The van der Waals surface area contributed by atoms with Crippen molar-refractivity contribution in [2.75, 3.05) is 56.5 Å². The number of thioether (sulfide) groups is 4. The van der Waals surface area contributed by atoms with Crippen molar-refractivity contribution in [2.45, 2.75) is 114 Å². The molecule has 0 heterocycles. The van der Waals surface area contributed by atoms with E-state index in [1.807, 2.05) is 0 Å². The fourth-order valence-electron chi connectivity index (χ4n) is 9.11. The van der Waals surface area contributed by atoms with E-state index in [1.165, 1.54) is 53.1 Å². The third-order valence-electron chi connectivity index (χ3n) is 13.6. The molecule has 0 aromatic heterocycles. The number of nitrogens with one attached hydrogen (secondary N) is 4. The number of Topliss-reactive ketones (excluding diaryl/α,β-unsaturated/α-hetero) is 3. The van der Waals surface area contributed by atoms with E-state index >= 15 is 0 Å². The molecule has 0 bridgehead atoms. The summed E-state index contributed by atoms with van der Waals surface area (Å²) in [5.74, 6) is -4.64. The molecule has 4 rings (SSSR count). The Morgan fingerprint density at radius 3 is 1.10 bits per heavy atom. The summed E-state index contributed by atoms with van der Waals surface area (Å²) in [6.45, 7) is 0.784. The summed E-state index contributed by atoms with van der Waals surface area (Å²) in [5, 5.41) is 11.5. The summed E-state index contributed by atoms with van der Waals surface area (Å²) in [6, 6.07) is 15.6. The molecule has 482 valence electrons. The van der Waals surface area contributed by atoms with Gasteiger partial charge in [-0.05, 0) is 148 Å². The Hall–Kier alpha value is -8.32. The van der Waals surface area contributed by atoms with Crippen LogP contribution in [0.15, 0.2) is 112 Å². The largest absolute Gasteiger partial charge is 0.370 e. The van der Waals surface area contributed by atoms with Crippen LogP contribution in [0.1, 0.15) is 111 Å². The number of nitrogens with two attached hydrogens (primary N) is 10. The quantitative estimate of drug-likeness (QED) is 0.0132. The zero-order valence-corrected chi connectivity index (χ0v) is 53.6. The average Bonchev–Trinajstić information content (AvgIpc) is 1.32. The van der Waals surface area contributed by atoms with Crippen molar-refractivity contribution in [3.8, 4) is 0 Å². The van der Waals surface area contributed by atoms with E-state index in [1.54, 1.807) is 91.8 Å². The first kappa shape index (κ1) is 73.2. The Kier molecular flexibility index (Phi) is 30.8. The van der Waals surface area contributed by atoms with Crippen molar-refractivity contribution in [2.24, 2.45) is 77.3 Å². The molecule has 0 saturated heterocycles. The van der Waals surface area contributed by atoms with E-state index in [0.717, 1.165) is 0 Å². The highest BCUT2D eigenvalue weighted by Gasteiger charge is 2.28. The molecule has 5 amide bonds. The predicted molar refractivity (Wildman–Crippen MR) is 360 cm³/mol. The highest BCUT2D eigenvalue weighted by molar-refractivity contribution is 7.99. The Morgan fingerprint density at radius 2 is 0.730 bits per heavy atom. The van der Waals surface area contributed by atoms with Crippen LogP contribution in [0.25, 0.3) is 0 Å². The molecule has 0 aliphatic heterocycles. The summed E-state index contributed by atoms with van der Waals surface area (Å²) >= 11 is 5.16. The van der Waals surface area contributed by atoms with Crippen LogP contribution in [0, 0.1) is 0 Å². The number of aliphatic imine (C=N–C) groups is 4. The molecule has 0 unspecified atom stereocenters. The van der Waals surface area contributed by atoms with Gasteiger partial charge in [0.2, 0.25) is 11.8 Å². The van der Waals surface area contributed by atoms with E-state index in [-0.39, 0.29) is 129 Å². The van der Waals surface area contributed by atoms with E-state index in [2.05, 4.69) is 41.2 Å². The van der Waals surface area contributed by atoms with Crippen LogP contribution in [0.5, 0.6) is 0 Å². The number of rotatable bonds is 38. The number of hydrogen-bond donors (Lipinski definition) is 14. The van der Waals surface area contributed by atoms with Crippen molar-refractivity contribution in [3.63, 3.8) is 0 Å². The Bertz CT molecular complexity index is 3300. The standard InChI is InChI=1S/C59H82N18O8S4.H2/c1-86-47-17-13-32(25-36(47)51(61)81)29-45(79)42(11-7-23-72-58(66)67)76-54(84)39-31-35(16-20-50(39)89-4)74-55(85)43(12-8-24-73-59(68)69)77-53(83)38-27-34(15-19-49(38)88-3)30-46(80)41(10-6-22-71-57(64)65)75-52(82)37-26-33(14-18-48(37)87-2)28-44(78)40(60)9-5-21-70-56(62)63;/h13-20,25-27,31,40-43H,5-12,21-24,28-30,60H2,1-4H3,(H2,61,81)(H,74,85)(H,75,82)(H,76,84)(H,77,83)(H4,62,63,70)(H4,64,65,71)(H4,66,67,72)(H4,68,69,73);1H/t40-,41-,42-,43-;/m0./s1. The summed E-state index contributed by atoms with van der Waals surface area (Å²) in [7, 11) is 0. The number of carbonyl (C=O) groups is 8. The fourth-order valence-corrected chi connectivity index (χ4v) is 11.4. The normalized spacial score (nSPS) is 12.2. The summed E-state index contributed by atoms with van der Waals surface area (Å²) in [6.07, 6.45) is 8.77. The van der Waals surface area contributed by atoms with Crippen molar-refractivity contribution < 1.29 is 39.8 Å². The van der Waals surface area contributed by atoms with Gasteiger partial charge >= 0.3 is 0 Å². The molecule has 4 atom stereocenters. The van der Waals surface area contributed by atoms with Gasteiger partial charge in [-0.3, -0.25) is 58.3 Å². The maximum atomic E-state index is 14.5. The highest BCUT2D eigenvalue weighted by atomic mass is 32.2. The van der Waals surface area contributed by atoms with Crippen LogP contribution in [0.2, 0.25) is 0 Å². The molecule has 0 radical (unpaired) electrons. The molecule has 24 N–H and O–H groups in total. The molecule has 0 saturated carbocycles. The van der Waals surface area contributed by atoms with Gasteiger partial charge in [-0.15, -0.1) is 47.0 Å². The number of amides is 5. The van der Waals surface area contributed by atoms with Crippen LogP contribution in [0.4, 0.5) is 5.69 Å². The predicted octanol–water partition coefficient (Wildman–Crippen LogP) is 2.13. The molecule has 89 heavy (non-hydrogen) atoms. The second-order valence-electron chi connectivity index (χ2n) is 20.3. The summed E-state index contributed by atoms with van der Waals surface area (Å²) < 4.78 is 0. The lowest BCUT2D eigenvalue weighted by molar-refractivity contribution is -0.121. The van der Waals surface area contributed by atoms with E-state index < -0.39 is 59.5 Å². The zero-order chi connectivity index (χ0) is 65.7. The van der Waals surface area contributed by atoms with Crippen LogP contribution in [0.3, 0.4) is 0 Å². The van der Waals surface area contributed by atoms with Gasteiger partial charge in [0, 0.05) is 72.1 Å². The second-order valence-corrected chi connectivity index (χ2v) is 23.7.